The highest BCUT2D eigenvalue weighted by Crippen LogP contribution is 2.22. The zero-order chi connectivity index (χ0) is 17.6. The van der Waals surface area contributed by atoms with E-state index in [9.17, 15) is 9.59 Å². The fraction of sp³-hybridized carbons (Fsp3) is 0.143. The van der Waals surface area contributed by atoms with Gasteiger partial charge in [0.1, 0.15) is 11.5 Å². The van der Waals surface area contributed by atoms with Gasteiger partial charge in [0.25, 0.3) is 0 Å². The molecule has 1 amide bonds. The first-order valence-corrected chi connectivity index (χ1v) is 8.17. The summed E-state index contributed by atoms with van der Waals surface area (Å²) in [7, 11) is 0. The molecule has 4 nitrogen and oxygen atoms in total. The molecule has 3 rings (SSSR count). The second-order valence-corrected chi connectivity index (χ2v) is 5.81. The van der Waals surface area contributed by atoms with Crippen molar-refractivity contribution in [2.45, 2.75) is 19.8 Å². The number of hydrogen-bond donors (Lipinski definition) is 1. The van der Waals surface area contributed by atoms with Crippen molar-refractivity contribution in [1.29, 1.82) is 0 Å². The topological polar surface area (TPSA) is 59.3 Å². The van der Waals surface area contributed by atoms with E-state index in [1.807, 2.05) is 42.5 Å². The minimum atomic E-state index is -0.0896. The Labute approximate surface area is 146 Å². The first-order valence-electron chi connectivity index (χ1n) is 8.17. The van der Waals surface area contributed by atoms with Crippen molar-refractivity contribution in [3.63, 3.8) is 0 Å². The van der Waals surface area contributed by atoms with Crippen LogP contribution in [0.4, 0.5) is 5.69 Å². The van der Waals surface area contributed by atoms with Gasteiger partial charge in [0, 0.05) is 29.7 Å². The number of benzene rings is 2. The van der Waals surface area contributed by atoms with Crippen LogP contribution in [0.15, 0.2) is 71.1 Å². The molecule has 0 aliphatic carbocycles. The van der Waals surface area contributed by atoms with Crippen LogP contribution in [0, 0.1) is 0 Å². The summed E-state index contributed by atoms with van der Waals surface area (Å²) in [5, 5.41) is 2.82. The molecular formula is C21H19NO3. The summed E-state index contributed by atoms with van der Waals surface area (Å²) in [6, 6.07) is 20.5. The lowest BCUT2D eigenvalue weighted by atomic mass is 10.1. The Hall–Kier alpha value is -3.14. The maximum Gasteiger partial charge on any atom is 0.224 e. The van der Waals surface area contributed by atoms with Gasteiger partial charge < -0.3 is 9.73 Å². The van der Waals surface area contributed by atoms with Gasteiger partial charge in [-0.3, -0.25) is 9.59 Å². The third-order valence-corrected chi connectivity index (χ3v) is 3.89. The number of carbonyl (C=O) groups is 2. The van der Waals surface area contributed by atoms with Crippen LogP contribution < -0.4 is 5.32 Å². The molecule has 0 spiro atoms. The highest BCUT2D eigenvalue weighted by Gasteiger charge is 2.08. The fourth-order valence-corrected chi connectivity index (χ4v) is 2.52. The van der Waals surface area contributed by atoms with Gasteiger partial charge in [-0.2, -0.15) is 0 Å². The van der Waals surface area contributed by atoms with Gasteiger partial charge in [-0.05, 0) is 43.3 Å². The van der Waals surface area contributed by atoms with E-state index in [-0.39, 0.29) is 11.7 Å². The molecule has 3 aromatic rings. The largest absolute Gasteiger partial charge is 0.461 e. The molecule has 1 N–H and O–H groups in total. The molecule has 4 heteroatoms. The minimum absolute atomic E-state index is 0.00455. The van der Waals surface area contributed by atoms with E-state index in [0.29, 0.717) is 24.1 Å². The summed E-state index contributed by atoms with van der Waals surface area (Å²) < 4.78 is 5.79. The Balaban J connectivity index is 1.54. The SMILES string of the molecule is CC(=O)c1ccc(NC(=O)CCc2ccc(-c3ccccc3)o2)cc1. The van der Waals surface area contributed by atoms with Crippen LogP contribution in [-0.2, 0) is 11.2 Å². The zero-order valence-electron chi connectivity index (χ0n) is 14.0. The molecule has 2 aromatic carbocycles. The van der Waals surface area contributed by atoms with Crippen LogP contribution >= 0.6 is 0 Å². The third-order valence-electron chi connectivity index (χ3n) is 3.89. The van der Waals surface area contributed by atoms with Crippen molar-refractivity contribution in [3.8, 4) is 11.3 Å². The van der Waals surface area contributed by atoms with Gasteiger partial charge in [0.2, 0.25) is 5.91 Å². The molecule has 126 valence electrons. The van der Waals surface area contributed by atoms with Crippen LogP contribution in [0.25, 0.3) is 11.3 Å². The smallest absolute Gasteiger partial charge is 0.224 e. The molecule has 0 saturated heterocycles. The molecule has 0 fully saturated rings. The van der Waals surface area contributed by atoms with Crippen LogP contribution in [0.2, 0.25) is 0 Å². The number of hydrogen-bond acceptors (Lipinski definition) is 3. The Morgan fingerprint density at radius 1 is 0.920 bits per heavy atom. The lowest BCUT2D eigenvalue weighted by Crippen LogP contribution is -2.12. The van der Waals surface area contributed by atoms with Crippen LogP contribution in [0.3, 0.4) is 0 Å². The average molecular weight is 333 g/mol. The fourth-order valence-electron chi connectivity index (χ4n) is 2.52. The van der Waals surface area contributed by atoms with Gasteiger partial charge in [0.15, 0.2) is 5.78 Å². The van der Waals surface area contributed by atoms with Crippen molar-refractivity contribution in [2.24, 2.45) is 0 Å². The number of furan rings is 1. The van der Waals surface area contributed by atoms with Crippen molar-refractivity contribution in [1.82, 2.24) is 0 Å². The van der Waals surface area contributed by atoms with Crippen LogP contribution in [0.1, 0.15) is 29.5 Å². The van der Waals surface area contributed by atoms with Gasteiger partial charge in [0.05, 0.1) is 0 Å². The average Bonchev–Trinajstić information content (AvgIpc) is 3.10. The van der Waals surface area contributed by atoms with Crippen molar-refractivity contribution < 1.29 is 14.0 Å². The maximum absolute atomic E-state index is 12.1. The number of nitrogens with one attached hydrogen (secondary N) is 1. The summed E-state index contributed by atoms with van der Waals surface area (Å²) in [5.41, 5.74) is 2.32. The minimum Gasteiger partial charge on any atom is -0.461 e. The number of anilines is 1. The van der Waals surface area contributed by atoms with Gasteiger partial charge in [-0.1, -0.05) is 30.3 Å². The van der Waals surface area contributed by atoms with E-state index in [4.69, 9.17) is 4.42 Å². The second-order valence-electron chi connectivity index (χ2n) is 5.81. The molecule has 0 bridgehead atoms. The molecule has 0 atom stereocenters. The first-order chi connectivity index (χ1) is 12.1. The molecule has 0 saturated carbocycles. The molecule has 0 aliphatic heterocycles. The summed E-state index contributed by atoms with van der Waals surface area (Å²) in [6.45, 7) is 1.51. The molecule has 0 radical (unpaired) electrons. The van der Waals surface area contributed by atoms with Crippen LogP contribution in [0.5, 0.6) is 0 Å². The Bertz CT molecular complexity index is 864. The summed E-state index contributed by atoms with van der Waals surface area (Å²) in [5.74, 6) is 1.50. The number of ketones is 1. The number of Topliss-reactive ketones (excluding diaryl/α,β-unsaturated/α-hetero) is 1. The predicted molar refractivity (Wildman–Crippen MR) is 97.5 cm³/mol. The van der Waals surface area contributed by atoms with E-state index >= 15 is 0 Å². The zero-order valence-corrected chi connectivity index (χ0v) is 14.0. The highest BCUT2D eigenvalue weighted by molar-refractivity contribution is 5.95. The van der Waals surface area contributed by atoms with E-state index in [0.717, 1.165) is 17.1 Å². The predicted octanol–water partition coefficient (Wildman–Crippen LogP) is 4.72. The van der Waals surface area contributed by atoms with Crippen molar-refractivity contribution in [3.05, 3.63) is 78.1 Å². The van der Waals surface area contributed by atoms with Crippen molar-refractivity contribution in [2.75, 3.05) is 5.32 Å². The summed E-state index contributed by atoms with van der Waals surface area (Å²) in [4.78, 5) is 23.3. The van der Waals surface area contributed by atoms with E-state index in [2.05, 4.69) is 5.32 Å². The van der Waals surface area contributed by atoms with E-state index in [1.165, 1.54) is 6.92 Å². The first kappa shape index (κ1) is 16.7. The molecule has 25 heavy (non-hydrogen) atoms. The number of carbonyl (C=O) groups excluding carboxylic acids is 2. The normalized spacial score (nSPS) is 10.4. The Morgan fingerprint density at radius 3 is 2.32 bits per heavy atom. The van der Waals surface area contributed by atoms with Gasteiger partial charge in [-0.25, -0.2) is 0 Å². The molecular weight excluding hydrogens is 314 g/mol. The molecule has 1 heterocycles. The standard InChI is InChI=1S/C21H19NO3/c1-15(23)16-7-9-18(10-8-16)22-21(24)14-12-19-11-13-20(25-19)17-5-3-2-4-6-17/h2-11,13H,12,14H2,1H3,(H,22,24). The van der Waals surface area contributed by atoms with Crippen LogP contribution in [-0.4, -0.2) is 11.7 Å². The Kier molecular flexibility index (Phi) is 5.09. The lowest BCUT2D eigenvalue weighted by Gasteiger charge is -2.05. The van der Waals surface area contributed by atoms with Crippen molar-refractivity contribution >= 4 is 17.4 Å². The molecule has 0 unspecified atom stereocenters. The van der Waals surface area contributed by atoms with Gasteiger partial charge in [-0.15, -0.1) is 0 Å². The molecule has 0 aliphatic rings. The summed E-state index contributed by atoms with van der Waals surface area (Å²) >= 11 is 0. The number of amides is 1. The quantitative estimate of drug-likeness (QED) is 0.664. The summed E-state index contributed by atoms with van der Waals surface area (Å²) in [6.07, 6.45) is 0.862. The monoisotopic (exact) mass is 333 g/mol. The Morgan fingerprint density at radius 2 is 1.64 bits per heavy atom. The number of aryl methyl sites for hydroxylation is 1. The second kappa shape index (κ2) is 7.62. The van der Waals surface area contributed by atoms with E-state index in [1.54, 1.807) is 24.3 Å². The van der Waals surface area contributed by atoms with Gasteiger partial charge >= 0.3 is 0 Å². The maximum atomic E-state index is 12.1. The highest BCUT2D eigenvalue weighted by atomic mass is 16.3. The third kappa shape index (κ3) is 4.44. The number of rotatable bonds is 6. The lowest BCUT2D eigenvalue weighted by molar-refractivity contribution is -0.116. The molecule has 1 aromatic heterocycles. The van der Waals surface area contributed by atoms with E-state index < -0.39 is 0 Å².